The average molecular weight is 423 g/mol. The fraction of sp³-hybridized carbons (Fsp3) is 0.368. The Morgan fingerprint density at radius 2 is 1.86 bits per heavy atom. The van der Waals surface area contributed by atoms with Gasteiger partial charge in [-0.1, -0.05) is 23.4 Å². The van der Waals surface area contributed by atoms with Gasteiger partial charge in [-0.25, -0.2) is 15.4 Å². The van der Waals surface area contributed by atoms with Gasteiger partial charge in [0.15, 0.2) is 16.7 Å². The Balaban J connectivity index is 1.96. The number of halogens is 1. The quantitative estimate of drug-likeness (QED) is 0.286. The summed E-state index contributed by atoms with van der Waals surface area (Å²) in [6.45, 7) is 8.49. The van der Waals surface area contributed by atoms with Gasteiger partial charge in [-0.2, -0.15) is 5.10 Å². The van der Waals surface area contributed by atoms with E-state index < -0.39 is 0 Å². The SMILES string of the molecule is CCOc1cc(/C=N\NC(=O)CSc2nc(C)cc(C)n2)cc(Cl)c1OCC. The Bertz CT molecular complexity index is 841. The van der Waals surface area contributed by atoms with Gasteiger partial charge in [0, 0.05) is 11.4 Å². The highest BCUT2D eigenvalue weighted by atomic mass is 35.5. The predicted octanol–water partition coefficient (Wildman–Crippen LogP) is 3.79. The molecular weight excluding hydrogens is 400 g/mol. The Kier molecular flexibility index (Phi) is 8.53. The van der Waals surface area contributed by atoms with Crippen molar-refractivity contribution in [2.75, 3.05) is 19.0 Å². The van der Waals surface area contributed by atoms with Crippen molar-refractivity contribution < 1.29 is 14.3 Å². The summed E-state index contributed by atoms with van der Waals surface area (Å²) in [4.78, 5) is 20.6. The smallest absolute Gasteiger partial charge is 0.250 e. The maximum Gasteiger partial charge on any atom is 0.250 e. The number of thioether (sulfide) groups is 1. The van der Waals surface area contributed by atoms with Gasteiger partial charge in [0.2, 0.25) is 0 Å². The molecule has 1 aromatic carbocycles. The van der Waals surface area contributed by atoms with Crippen LogP contribution in [0.1, 0.15) is 30.8 Å². The lowest BCUT2D eigenvalue weighted by molar-refractivity contribution is -0.118. The summed E-state index contributed by atoms with van der Waals surface area (Å²) >= 11 is 7.52. The standard InChI is InChI=1S/C19H23ClN4O3S/c1-5-26-16-9-14(8-15(20)18(16)27-6-2)10-21-24-17(25)11-28-19-22-12(3)7-13(4)23-19/h7-10H,5-6,11H2,1-4H3,(H,24,25)/b21-10-. The van der Waals surface area contributed by atoms with Crippen LogP contribution in [0.2, 0.25) is 5.02 Å². The Morgan fingerprint density at radius 1 is 1.18 bits per heavy atom. The minimum atomic E-state index is -0.258. The van der Waals surface area contributed by atoms with Gasteiger partial charge in [0.25, 0.3) is 5.91 Å². The van der Waals surface area contributed by atoms with Gasteiger partial charge in [-0.15, -0.1) is 0 Å². The van der Waals surface area contributed by atoms with E-state index in [9.17, 15) is 4.79 Å². The topological polar surface area (TPSA) is 85.7 Å². The number of carbonyl (C=O) groups is 1. The highest BCUT2D eigenvalue weighted by molar-refractivity contribution is 7.99. The Hall–Kier alpha value is -2.32. The van der Waals surface area contributed by atoms with Crippen LogP contribution in [0.4, 0.5) is 0 Å². The van der Waals surface area contributed by atoms with E-state index >= 15 is 0 Å². The molecule has 0 unspecified atom stereocenters. The van der Waals surface area contributed by atoms with Crippen LogP contribution >= 0.6 is 23.4 Å². The summed E-state index contributed by atoms with van der Waals surface area (Å²) in [5.74, 6) is 0.935. The van der Waals surface area contributed by atoms with Crippen LogP contribution in [-0.4, -0.2) is 41.1 Å². The maximum absolute atomic E-state index is 12.0. The summed E-state index contributed by atoms with van der Waals surface area (Å²) in [5, 5.41) is 4.96. The van der Waals surface area contributed by atoms with Crippen LogP contribution in [0.3, 0.4) is 0 Å². The first-order valence-electron chi connectivity index (χ1n) is 8.79. The van der Waals surface area contributed by atoms with Gasteiger partial charge < -0.3 is 9.47 Å². The molecule has 1 N–H and O–H groups in total. The van der Waals surface area contributed by atoms with Crippen LogP contribution in [0.25, 0.3) is 0 Å². The van der Waals surface area contributed by atoms with Crippen molar-refractivity contribution in [3.63, 3.8) is 0 Å². The third kappa shape index (κ3) is 6.69. The van der Waals surface area contributed by atoms with Crippen molar-refractivity contribution >= 4 is 35.5 Å². The van der Waals surface area contributed by atoms with Gasteiger partial charge >= 0.3 is 0 Å². The second kappa shape index (κ2) is 10.9. The maximum atomic E-state index is 12.0. The van der Waals surface area contributed by atoms with E-state index in [1.54, 1.807) is 12.1 Å². The number of aromatic nitrogens is 2. The molecule has 0 saturated heterocycles. The molecule has 0 saturated carbocycles. The van der Waals surface area contributed by atoms with E-state index in [1.807, 2.05) is 33.8 Å². The zero-order valence-corrected chi connectivity index (χ0v) is 17.9. The lowest BCUT2D eigenvalue weighted by Gasteiger charge is -2.13. The highest BCUT2D eigenvalue weighted by Crippen LogP contribution is 2.36. The number of amides is 1. The fourth-order valence-electron chi connectivity index (χ4n) is 2.31. The molecule has 0 aliphatic rings. The van der Waals surface area contributed by atoms with E-state index in [1.165, 1.54) is 18.0 Å². The molecule has 0 aliphatic heterocycles. The van der Waals surface area contributed by atoms with Crippen molar-refractivity contribution in [1.29, 1.82) is 0 Å². The molecule has 2 rings (SSSR count). The first-order chi connectivity index (χ1) is 13.4. The number of hydrogen-bond acceptors (Lipinski definition) is 7. The number of hydrazone groups is 1. The van der Waals surface area contributed by atoms with E-state index in [-0.39, 0.29) is 11.7 Å². The Morgan fingerprint density at radius 3 is 2.50 bits per heavy atom. The van der Waals surface area contributed by atoms with Crippen molar-refractivity contribution in [3.05, 3.63) is 40.2 Å². The predicted molar refractivity (Wildman–Crippen MR) is 112 cm³/mol. The normalized spacial score (nSPS) is 10.9. The van der Waals surface area contributed by atoms with Gasteiger partial charge in [-0.05, 0) is 51.5 Å². The van der Waals surface area contributed by atoms with E-state index in [4.69, 9.17) is 21.1 Å². The number of ether oxygens (including phenoxy) is 2. The number of hydrogen-bond donors (Lipinski definition) is 1. The van der Waals surface area contributed by atoms with Crippen LogP contribution in [-0.2, 0) is 4.79 Å². The molecule has 7 nitrogen and oxygen atoms in total. The number of nitrogens with zero attached hydrogens (tertiary/aromatic N) is 3. The van der Waals surface area contributed by atoms with E-state index in [2.05, 4.69) is 20.5 Å². The number of aryl methyl sites for hydroxylation is 2. The minimum absolute atomic E-state index is 0.161. The molecule has 0 fully saturated rings. The van der Waals surface area contributed by atoms with E-state index in [0.717, 1.165) is 11.4 Å². The number of carbonyl (C=O) groups excluding carboxylic acids is 1. The van der Waals surface area contributed by atoms with Gasteiger partial charge in [0.05, 0.1) is 30.2 Å². The number of benzene rings is 1. The lowest BCUT2D eigenvalue weighted by atomic mass is 10.2. The molecule has 9 heteroatoms. The van der Waals surface area contributed by atoms with Crippen LogP contribution < -0.4 is 14.9 Å². The second-order valence-electron chi connectivity index (χ2n) is 5.71. The summed E-state index contributed by atoms with van der Waals surface area (Å²) < 4.78 is 11.1. The van der Waals surface area contributed by atoms with Crippen LogP contribution in [0, 0.1) is 13.8 Å². The van der Waals surface area contributed by atoms with Crippen molar-refractivity contribution in [2.45, 2.75) is 32.9 Å². The number of rotatable bonds is 9. The molecular formula is C19H23ClN4O3S. The number of nitrogens with one attached hydrogen (secondary N) is 1. The third-order valence-corrected chi connectivity index (χ3v) is 4.45. The van der Waals surface area contributed by atoms with Crippen molar-refractivity contribution in [3.8, 4) is 11.5 Å². The molecule has 0 aliphatic carbocycles. The molecule has 1 aromatic heterocycles. The summed E-state index contributed by atoms with van der Waals surface area (Å²) in [6, 6.07) is 5.34. The summed E-state index contributed by atoms with van der Waals surface area (Å²) in [5.41, 5.74) is 4.90. The summed E-state index contributed by atoms with van der Waals surface area (Å²) in [6.07, 6.45) is 1.50. The zero-order valence-electron chi connectivity index (χ0n) is 16.3. The van der Waals surface area contributed by atoms with Gasteiger partial charge in [0.1, 0.15) is 0 Å². The molecule has 28 heavy (non-hydrogen) atoms. The second-order valence-corrected chi connectivity index (χ2v) is 7.06. The molecule has 1 heterocycles. The first kappa shape index (κ1) is 22.0. The van der Waals surface area contributed by atoms with Crippen LogP contribution in [0.15, 0.2) is 28.5 Å². The van der Waals surface area contributed by atoms with Crippen LogP contribution in [0.5, 0.6) is 11.5 Å². The lowest BCUT2D eigenvalue weighted by Crippen LogP contribution is -2.19. The monoisotopic (exact) mass is 422 g/mol. The first-order valence-corrected chi connectivity index (χ1v) is 10.1. The van der Waals surface area contributed by atoms with Crippen molar-refractivity contribution in [2.24, 2.45) is 5.10 Å². The highest BCUT2D eigenvalue weighted by Gasteiger charge is 2.11. The molecule has 0 radical (unpaired) electrons. The minimum Gasteiger partial charge on any atom is -0.490 e. The largest absolute Gasteiger partial charge is 0.490 e. The molecule has 0 bridgehead atoms. The Labute approximate surface area is 173 Å². The molecule has 1 amide bonds. The molecule has 150 valence electrons. The summed E-state index contributed by atoms with van der Waals surface area (Å²) in [7, 11) is 0. The molecule has 0 atom stereocenters. The molecule has 2 aromatic rings. The fourth-order valence-corrected chi connectivity index (χ4v) is 3.32. The molecule has 0 spiro atoms. The average Bonchev–Trinajstić information content (AvgIpc) is 2.62. The van der Waals surface area contributed by atoms with Crippen molar-refractivity contribution in [1.82, 2.24) is 15.4 Å². The van der Waals surface area contributed by atoms with E-state index in [0.29, 0.717) is 40.5 Å². The zero-order chi connectivity index (χ0) is 20.5. The third-order valence-electron chi connectivity index (χ3n) is 3.32. The van der Waals surface area contributed by atoms with Gasteiger partial charge in [-0.3, -0.25) is 4.79 Å².